The van der Waals surface area contributed by atoms with Crippen LogP contribution in [0.25, 0.3) is 0 Å². The van der Waals surface area contributed by atoms with Crippen LogP contribution < -0.4 is 5.73 Å². The van der Waals surface area contributed by atoms with E-state index in [9.17, 15) is 4.79 Å². The number of nitrogens with zero attached hydrogens (tertiary/aromatic N) is 1. The van der Waals surface area contributed by atoms with Crippen LogP contribution in [0.2, 0.25) is 0 Å². The van der Waals surface area contributed by atoms with Gasteiger partial charge in [-0.3, -0.25) is 9.79 Å². The van der Waals surface area contributed by atoms with Crippen molar-refractivity contribution < 1.29 is 9.90 Å². The van der Waals surface area contributed by atoms with Gasteiger partial charge in [0.1, 0.15) is 0 Å². The van der Waals surface area contributed by atoms with Gasteiger partial charge < -0.3 is 10.8 Å². The molecule has 0 saturated heterocycles. The highest BCUT2D eigenvalue weighted by Crippen LogP contribution is 1.98. The van der Waals surface area contributed by atoms with Crippen molar-refractivity contribution in [2.75, 3.05) is 12.3 Å². The predicted octanol–water partition coefficient (Wildman–Crippen LogP) is 0.305. The van der Waals surface area contributed by atoms with Crippen LogP contribution in [0.4, 0.5) is 0 Å². The van der Waals surface area contributed by atoms with Crippen LogP contribution in [-0.2, 0) is 4.79 Å². The van der Waals surface area contributed by atoms with Crippen molar-refractivity contribution in [3.8, 4) is 0 Å². The van der Waals surface area contributed by atoms with Gasteiger partial charge in [-0.15, -0.1) is 6.58 Å². The van der Waals surface area contributed by atoms with Gasteiger partial charge in [0.25, 0.3) is 0 Å². The Hall–Kier alpha value is -0.970. The van der Waals surface area contributed by atoms with E-state index in [-0.39, 0.29) is 10.9 Å². The summed E-state index contributed by atoms with van der Waals surface area (Å²) in [5.41, 5.74) is 5.31. The van der Waals surface area contributed by atoms with Crippen molar-refractivity contribution in [1.29, 1.82) is 0 Å². The molecule has 0 aromatic carbocycles. The molecule has 0 unspecified atom stereocenters. The zero-order valence-electron chi connectivity index (χ0n) is 5.99. The number of hydrogen-bond acceptors (Lipinski definition) is 3. The van der Waals surface area contributed by atoms with Crippen molar-refractivity contribution in [2.24, 2.45) is 10.7 Å². The Kier molecular flexibility index (Phi) is 5.28. The Balaban J connectivity index is 3.58. The first-order valence-electron chi connectivity index (χ1n) is 2.92. The standard InChI is InChI=1S/C6H10N2O2S/c1-2-3-8-6(7)11-4-5(9)10/h2H,1,3-4H2,(H2,7,8)(H,9,10). The molecular weight excluding hydrogens is 164 g/mol. The zero-order valence-corrected chi connectivity index (χ0v) is 6.80. The topological polar surface area (TPSA) is 75.7 Å². The largest absolute Gasteiger partial charge is 0.481 e. The molecule has 0 aliphatic heterocycles. The third-order valence-electron chi connectivity index (χ3n) is 0.720. The Labute approximate surface area is 69.2 Å². The Morgan fingerprint density at radius 2 is 2.45 bits per heavy atom. The molecule has 5 heteroatoms. The van der Waals surface area contributed by atoms with Crippen molar-refractivity contribution in [1.82, 2.24) is 0 Å². The smallest absolute Gasteiger partial charge is 0.313 e. The lowest BCUT2D eigenvalue weighted by atomic mass is 10.7. The van der Waals surface area contributed by atoms with Gasteiger partial charge in [-0.1, -0.05) is 17.8 Å². The molecule has 0 amide bonds. The van der Waals surface area contributed by atoms with Gasteiger partial charge in [0, 0.05) is 0 Å². The second-order valence-electron chi connectivity index (χ2n) is 1.65. The molecule has 0 fully saturated rings. The number of aliphatic imine (C=N–C) groups is 1. The normalized spacial score (nSPS) is 11.1. The summed E-state index contributed by atoms with van der Waals surface area (Å²) in [6.45, 7) is 3.87. The number of nitrogens with two attached hydrogens (primary N) is 1. The Morgan fingerprint density at radius 1 is 1.82 bits per heavy atom. The van der Waals surface area contributed by atoms with E-state index in [0.29, 0.717) is 6.54 Å². The third-order valence-corrected chi connectivity index (χ3v) is 1.54. The number of aliphatic carboxylic acids is 1. The Morgan fingerprint density at radius 3 is 2.91 bits per heavy atom. The average molecular weight is 174 g/mol. The predicted molar refractivity (Wildman–Crippen MR) is 46.8 cm³/mol. The fourth-order valence-electron chi connectivity index (χ4n) is 0.336. The molecule has 0 bridgehead atoms. The first kappa shape index (κ1) is 10.0. The SMILES string of the molecule is C=CCN=C(N)SCC(=O)O. The maximum atomic E-state index is 10.0. The van der Waals surface area contributed by atoms with Gasteiger partial charge in [0.05, 0.1) is 12.3 Å². The summed E-state index contributed by atoms with van der Waals surface area (Å²) in [5, 5.41) is 8.52. The molecule has 0 aromatic heterocycles. The summed E-state index contributed by atoms with van der Waals surface area (Å²) in [7, 11) is 0. The summed E-state index contributed by atoms with van der Waals surface area (Å²) in [6, 6.07) is 0. The van der Waals surface area contributed by atoms with Crippen molar-refractivity contribution in [2.45, 2.75) is 0 Å². The quantitative estimate of drug-likeness (QED) is 0.365. The molecule has 0 aromatic rings. The lowest BCUT2D eigenvalue weighted by molar-refractivity contribution is -0.133. The molecule has 0 rings (SSSR count). The van der Waals surface area contributed by atoms with E-state index in [0.717, 1.165) is 11.8 Å². The summed E-state index contributed by atoms with van der Waals surface area (Å²) >= 11 is 1.00. The molecule has 0 atom stereocenters. The molecule has 0 aliphatic carbocycles. The monoisotopic (exact) mass is 174 g/mol. The number of carboxylic acid groups (broad SMARTS) is 1. The van der Waals surface area contributed by atoms with Crippen molar-refractivity contribution in [3.05, 3.63) is 12.7 Å². The van der Waals surface area contributed by atoms with E-state index >= 15 is 0 Å². The number of rotatable bonds is 4. The van der Waals surface area contributed by atoms with Crippen molar-refractivity contribution in [3.63, 3.8) is 0 Å². The second-order valence-corrected chi connectivity index (χ2v) is 2.65. The number of carboxylic acids is 1. The van der Waals surface area contributed by atoms with Gasteiger partial charge in [0.2, 0.25) is 0 Å². The van der Waals surface area contributed by atoms with E-state index in [4.69, 9.17) is 10.8 Å². The van der Waals surface area contributed by atoms with Crippen LogP contribution in [0, 0.1) is 0 Å². The molecule has 3 N–H and O–H groups in total. The number of hydrogen-bond donors (Lipinski definition) is 2. The third kappa shape index (κ3) is 6.92. The fraction of sp³-hybridized carbons (Fsp3) is 0.333. The summed E-state index contributed by atoms with van der Waals surface area (Å²) < 4.78 is 0. The van der Waals surface area contributed by atoms with Crippen molar-refractivity contribution >= 4 is 22.9 Å². The summed E-state index contributed by atoms with van der Waals surface area (Å²) in [4.78, 5) is 13.8. The minimum absolute atomic E-state index is 0.0491. The minimum atomic E-state index is -0.897. The molecule has 4 nitrogen and oxygen atoms in total. The van der Waals surface area contributed by atoms with Crippen LogP contribution in [0.5, 0.6) is 0 Å². The van der Waals surface area contributed by atoms with Gasteiger partial charge >= 0.3 is 5.97 Å². The zero-order chi connectivity index (χ0) is 8.69. The van der Waals surface area contributed by atoms with Crippen LogP contribution in [-0.4, -0.2) is 28.5 Å². The molecule has 62 valence electrons. The van der Waals surface area contributed by atoms with E-state index in [1.54, 1.807) is 6.08 Å². The van der Waals surface area contributed by atoms with Gasteiger partial charge in [-0.2, -0.15) is 0 Å². The second kappa shape index (κ2) is 5.79. The minimum Gasteiger partial charge on any atom is -0.481 e. The fourth-order valence-corrected chi connectivity index (χ4v) is 0.773. The van der Waals surface area contributed by atoms with Crippen LogP contribution in [0.3, 0.4) is 0 Å². The summed E-state index contributed by atoms with van der Waals surface area (Å²) in [6.07, 6.45) is 1.59. The Bertz CT molecular complexity index is 179. The average Bonchev–Trinajstić information content (AvgIpc) is 1.97. The highest BCUT2D eigenvalue weighted by molar-refractivity contribution is 8.14. The van der Waals surface area contributed by atoms with E-state index in [1.807, 2.05) is 0 Å². The molecule has 0 heterocycles. The lowest BCUT2D eigenvalue weighted by Crippen LogP contribution is -2.11. The highest BCUT2D eigenvalue weighted by Gasteiger charge is 1.98. The highest BCUT2D eigenvalue weighted by atomic mass is 32.2. The molecular formula is C6H10N2O2S. The molecule has 11 heavy (non-hydrogen) atoms. The van der Waals surface area contributed by atoms with E-state index in [1.165, 1.54) is 0 Å². The van der Waals surface area contributed by atoms with E-state index in [2.05, 4.69) is 11.6 Å². The molecule has 0 aliphatic rings. The van der Waals surface area contributed by atoms with Crippen LogP contribution >= 0.6 is 11.8 Å². The first-order valence-corrected chi connectivity index (χ1v) is 3.90. The maximum absolute atomic E-state index is 10.0. The molecule has 0 spiro atoms. The molecule has 0 saturated carbocycles. The van der Waals surface area contributed by atoms with Crippen LogP contribution in [0.15, 0.2) is 17.6 Å². The van der Waals surface area contributed by atoms with Gasteiger partial charge in [-0.25, -0.2) is 0 Å². The first-order chi connectivity index (χ1) is 5.16. The van der Waals surface area contributed by atoms with Gasteiger partial charge in [0.15, 0.2) is 5.17 Å². The maximum Gasteiger partial charge on any atom is 0.313 e. The number of amidine groups is 1. The molecule has 0 radical (unpaired) electrons. The number of thioether (sulfide) groups is 1. The lowest BCUT2D eigenvalue weighted by Gasteiger charge is -1.94. The number of carbonyl (C=O) groups is 1. The van der Waals surface area contributed by atoms with Crippen LogP contribution in [0.1, 0.15) is 0 Å². The van der Waals surface area contributed by atoms with E-state index < -0.39 is 5.97 Å². The van der Waals surface area contributed by atoms with Gasteiger partial charge in [-0.05, 0) is 0 Å². The summed E-state index contributed by atoms with van der Waals surface area (Å²) in [5.74, 6) is -0.946.